The Hall–Kier alpha value is -3.39. The van der Waals surface area contributed by atoms with Crippen LogP contribution in [0.5, 0.6) is 5.75 Å². The second-order valence-corrected chi connectivity index (χ2v) is 6.76. The topological polar surface area (TPSA) is 64.1 Å². The number of ether oxygens (including phenoxy) is 1. The Bertz CT molecular complexity index is 1050. The summed E-state index contributed by atoms with van der Waals surface area (Å²) in [6.07, 6.45) is 5.82. The Morgan fingerprint density at radius 2 is 2.00 bits per heavy atom. The molecule has 3 aromatic rings. The van der Waals surface area contributed by atoms with Crippen LogP contribution in [0, 0.1) is 18.8 Å². The van der Waals surface area contributed by atoms with Crippen LogP contribution in [0.15, 0.2) is 48.7 Å². The summed E-state index contributed by atoms with van der Waals surface area (Å²) >= 11 is 0. The highest BCUT2D eigenvalue weighted by molar-refractivity contribution is 6.05. The number of aromatic nitrogens is 2. The van der Waals surface area contributed by atoms with E-state index in [1.54, 1.807) is 6.20 Å². The first kappa shape index (κ1) is 20.3. The molecule has 1 amide bonds. The smallest absolute Gasteiger partial charge is 0.274 e. The van der Waals surface area contributed by atoms with Gasteiger partial charge in [0.05, 0.1) is 17.6 Å². The number of fused-ring (bicyclic) bond motifs is 1. The third kappa shape index (κ3) is 5.79. The molecule has 2 aromatic heterocycles. The van der Waals surface area contributed by atoms with Gasteiger partial charge in [0.15, 0.2) is 0 Å². The van der Waals surface area contributed by atoms with Crippen LogP contribution in [0.2, 0.25) is 0 Å². The molecule has 0 radical (unpaired) electrons. The second-order valence-electron chi connectivity index (χ2n) is 6.76. The largest absolute Gasteiger partial charge is 0.494 e. The molecule has 0 fully saturated rings. The first-order chi connectivity index (χ1) is 14.2. The van der Waals surface area contributed by atoms with Crippen molar-refractivity contribution in [3.8, 4) is 17.6 Å². The lowest BCUT2D eigenvalue weighted by atomic mass is 10.1. The Kier molecular flexibility index (Phi) is 7.18. The van der Waals surface area contributed by atoms with E-state index in [1.807, 2.05) is 56.3 Å². The molecule has 0 unspecified atom stereocenters. The molecule has 29 heavy (non-hydrogen) atoms. The van der Waals surface area contributed by atoms with Crippen LogP contribution in [0.1, 0.15) is 48.7 Å². The minimum atomic E-state index is -0.248. The monoisotopic (exact) mass is 387 g/mol. The maximum Gasteiger partial charge on any atom is 0.274 e. The Morgan fingerprint density at radius 3 is 2.86 bits per heavy atom. The summed E-state index contributed by atoms with van der Waals surface area (Å²) in [5.74, 6) is 6.47. The van der Waals surface area contributed by atoms with E-state index in [-0.39, 0.29) is 5.91 Å². The van der Waals surface area contributed by atoms with Crippen LogP contribution in [0.4, 0.5) is 5.69 Å². The molecule has 0 saturated carbocycles. The molecule has 2 heterocycles. The number of nitrogens with zero attached hydrogens (tertiary/aromatic N) is 2. The van der Waals surface area contributed by atoms with Crippen LogP contribution in [0.25, 0.3) is 11.0 Å². The molecule has 1 aromatic carbocycles. The highest BCUT2D eigenvalue weighted by Gasteiger charge is 2.13. The quantitative estimate of drug-likeness (QED) is 0.429. The maximum atomic E-state index is 12.7. The van der Waals surface area contributed by atoms with Crippen molar-refractivity contribution >= 4 is 22.6 Å². The van der Waals surface area contributed by atoms with Crippen molar-refractivity contribution < 1.29 is 9.53 Å². The van der Waals surface area contributed by atoms with E-state index in [0.29, 0.717) is 23.5 Å². The zero-order valence-corrected chi connectivity index (χ0v) is 16.9. The van der Waals surface area contributed by atoms with Gasteiger partial charge in [-0.3, -0.25) is 9.78 Å². The van der Waals surface area contributed by atoms with Crippen molar-refractivity contribution in [2.24, 2.45) is 0 Å². The Balaban J connectivity index is 1.59. The summed E-state index contributed by atoms with van der Waals surface area (Å²) in [4.78, 5) is 21.5. The van der Waals surface area contributed by atoms with E-state index in [4.69, 9.17) is 4.74 Å². The van der Waals surface area contributed by atoms with Gasteiger partial charge in [0.25, 0.3) is 5.91 Å². The van der Waals surface area contributed by atoms with Gasteiger partial charge in [-0.2, -0.15) is 0 Å². The molecule has 0 saturated heterocycles. The molecular weight excluding hydrogens is 362 g/mol. The van der Waals surface area contributed by atoms with Gasteiger partial charge in [-0.25, -0.2) is 4.98 Å². The van der Waals surface area contributed by atoms with Crippen molar-refractivity contribution in [1.82, 2.24) is 9.97 Å². The van der Waals surface area contributed by atoms with Gasteiger partial charge in [0.2, 0.25) is 0 Å². The summed E-state index contributed by atoms with van der Waals surface area (Å²) in [7, 11) is 0. The average molecular weight is 387 g/mol. The number of benzene rings is 1. The lowest BCUT2D eigenvalue weighted by Crippen LogP contribution is -2.15. The molecule has 0 spiro atoms. The minimum Gasteiger partial charge on any atom is -0.494 e. The third-order valence-corrected chi connectivity index (χ3v) is 4.47. The zero-order chi connectivity index (χ0) is 20.5. The minimum absolute atomic E-state index is 0.248. The highest BCUT2D eigenvalue weighted by atomic mass is 16.5. The summed E-state index contributed by atoms with van der Waals surface area (Å²) in [6.45, 7) is 4.38. The van der Waals surface area contributed by atoms with Crippen LogP contribution in [-0.4, -0.2) is 22.5 Å². The molecular formula is C24H25N3O2. The average Bonchev–Trinajstić information content (AvgIpc) is 2.73. The van der Waals surface area contributed by atoms with Crippen LogP contribution in [0.3, 0.4) is 0 Å². The number of rotatable bonds is 8. The molecule has 5 heteroatoms. The van der Waals surface area contributed by atoms with Crippen molar-refractivity contribution in [1.29, 1.82) is 0 Å². The van der Waals surface area contributed by atoms with E-state index in [1.165, 1.54) is 0 Å². The molecule has 5 nitrogen and oxygen atoms in total. The molecule has 3 rings (SSSR count). The number of hydrogen-bond acceptors (Lipinski definition) is 4. The third-order valence-electron chi connectivity index (χ3n) is 4.47. The fraction of sp³-hybridized carbons (Fsp3) is 0.292. The first-order valence-corrected chi connectivity index (χ1v) is 9.83. The Morgan fingerprint density at radius 1 is 1.10 bits per heavy atom. The number of aryl methyl sites for hydroxylation is 1. The zero-order valence-electron chi connectivity index (χ0n) is 16.9. The predicted octanol–water partition coefficient (Wildman–Crippen LogP) is 5.15. The predicted molar refractivity (Wildman–Crippen MR) is 116 cm³/mol. The molecule has 0 aliphatic heterocycles. The number of anilines is 1. The van der Waals surface area contributed by atoms with Gasteiger partial charge in [0.1, 0.15) is 11.4 Å². The van der Waals surface area contributed by atoms with Crippen LogP contribution in [-0.2, 0) is 0 Å². The second kappa shape index (κ2) is 10.2. The van der Waals surface area contributed by atoms with E-state index in [2.05, 4.69) is 27.1 Å². The van der Waals surface area contributed by atoms with E-state index in [9.17, 15) is 4.79 Å². The number of carbonyl (C=O) groups excluding carboxylic acids is 1. The standard InChI is InChI=1S/C24H25N3O2/c1-3-4-5-6-7-8-15-29-20-12-9-11-19(17-20)26-24(28)23-18(2)16-22-21(27-23)13-10-14-25-22/h9-14,16-17H,5-8,15H2,1-2H3,(H,26,28). The number of carbonyl (C=O) groups is 1. The van der Waals surface area contributed by atoms with E-state index >= 15 is 0 Å². The molecule has 0 aliphatic rings. The number of nitrogens with one attached hydrogen (secondary N) is 1. The number of unbranched alkanes of at least 4 members (excludes halogenated alkanes) is 3. The van der Waals surface area contributed by atoms with Crippen molar-refractivity contribution in [3.63, 3.8) is 0 Å². The normalized spacial score (nSPS) is 10.3. The van der Waals surface area contributed by atoms with Gasteiger partial charge in [-0.05, 0) is 69.0 Å². The lowest BCUT2D eigenvalue weighted by molar-refractivity contribution is 0.102. The van der Waals surface area contributed by atoms with Gasteiger partial charge in [-0.1, -0.05) is 6.07 Å². The van der Waals surface area contributed by atoms with Gasteiger partial charge >= 0.3 is 0 Å². The van der Waals surface area contributed by atoms with Gasteiger partial charge in [0, 0.05) is 24.4 Å². The summed E-state index contributed by atoms with van der Waals surface area (Å²) in [5, 5.41) is 2.91. The fourth-order valence-corrected chi connectivity index (χ4v) is 2.99. The molecule has 148 valence electrons. The molecule has 0 bridgehead atoms. The van der Waals surface area contributed by atoms with Crippen LogP contribution < -0.4 is 10.1 Å². The van der Waals surface area contributed by atoms with E-state index in [0.717, 1.165) is 42.5 Å². The fourth-order valence-electron chi connectivity index (χ4n) is 2.99. The Labute approximate surface area is 171 Å². The highest BCUT2D eigenvalue weighted by Crippen LogP contribution is 2.20. The van der Waals surface area contributed by atoms with Gasteiger partial charge < -0.3 is 10.1 Å². The molecule has 0 aliphatic carbocycles. The summed E-state index contributed by atoms with van der Waals surface area (Å²) < 4.78 is 5.81. The first-order valence-electron chi connectivity index (χ1n) is 9.83. The molecule has 1 N–H and O–H groups in total. The maximum absolute atomic E-state index is 12.7. The summed E-state index contributed by atoms with van der Waals surface area (Å²) in [6, 6.07) is 13.0. The van der Waals surface area contributed by atoms with Gasteiger partial charge in [-0.15, -0.1) is 11.8 Å². The SMILES string of the molecule is CC#CCCCCCOc1cccc(NC(=O)c2nc3cccnc3cc2C)c1. The number of amides is 1. The van der Waals surface area contributed by atoms with Crippen molar-refractivity contribution in [2.45, 2.75) is 39.5 Å². The van der Waals surface area contributed by atoms with Crippen molar-refractivity contribution in [2.75, 3.05) is 11.9 Å². The van der Waals surface area contributed by atoms with Crippen molar-refractivity contribution in [3.05, 3.63) is 59.9 Å². The van der Waals surface area contributed by atoms with E-state index < -0.39 is 0 Å². The lowest BCUT2D eigenvalue weighted by Gasteiger charge is -2.10. The number of pyridine rings is 2. The molecule has 0 atom stereocenters. The van der Waals surface area contributed by atoms with Crippen LogP contribution >= 0.6 is 0 Å². The number of hydrogen-bond donors (Lipinski definition) is 1. The summed E-state index contributed by atoms with van der Waals surface area (Å²) in [5.41, 5.74) is 3.34.